The van der Waals surface area contributed by atoms with Crippen molar-refractivity contribution in [3.8, 4) is 0 Å². The highest BCUT2D eigenvalue weighted by Crippen LogP contribution is 2.65. The number of carbonyl (C=O) groups excluding carboxylic acids is 2. The quantitative estimate of drug-likeness (QED) is 0.365. The minimum absolute atomic E-state index is 0.00571. The maximum Gasteiger partial charge on any atom is 0.501 e. The van der Waals surface area contributed by atoms with E-state index in [9.17, 15) is 27.3 Å². The second-order valence-electron chi connectivity index (χ2n) is 8.91. The summed E-state index contributed by atoms with van der Waals surface area (Å²) in [5, 5.41) is 0.841. The molecule has 4 bridgehead atoms. The van der Waals surface area contributed by atoms with E-state index < -0.39 is 66.9 Å². The van der Waals surface area contributed by atoms with E-state index in [4.69, 9.17) is 24.1 Å². The number of halogens is 3. The van der Waals surface area contributed by atoms with Crippen LogP contribution >= 0.6 is 7.82 Å². The van der Waals surface area contributed by atoms with Crippen molar-refractivity contribution in [1.82, 2.24) is 9.96 Å². The maximum atomic E-state index is 14.1. The highest BCUT2D eigenvalue weighted by molar-refractivity contribution is 7.48. The summed E-state index contributed by atoms with van der Waals surface area (Å²) in [7, 11) is -4.14. The van der Waals surface area contributed by atoms with Gasteiger partial charge in [-0.25, -0.2) is 27.3 Å². The summed E-state index contributed by atoms with van der Waals surface area (Å²) in [5.74, 6) is -5.28. The molecule has 2 unspecified atom stereocenters. The van der Waals surface area contributed by atoms with Gasteiger partial charge in [-0.05, 0) is 45.2 Å². The maximum absolute atomic E-state index is 14.1. The Kier molecular flexibility index (Phi) is 5.77. The molecule has 4 fully saturated rings. The standard InChI is InChI=1S/C19H23F3N3O7P/c1-18(2,3)29-9-19-17(27)24-8-13(30-33(28,31-19)32-24)25(19)12(26)6-4-5-10-7-11(20)15(22)16(23)14(10)21/h7,13H,4-6,8-9,23H2,1-3H3/t13?,19-,33?/m1/s1. The van der Waals surface area contributed by atoms with Crippen LogP contribution in [0, 0.1) is 17.5 Å². The summed E-state index contributed by atoms with van der Waals surface area (Å²) >= 11 is 0. The molecule has 4 heterocycles. The fourth-order valence-electron chi connectivity index (χ4n) is 3.83. The number of phosphoric acid groups is 1. The van der Waals surface area contributed by atoms with Gasteiger partial charge in [-0.15, -0.1) is 0 Å². The fourth-order valence-corrected chi connectivity index (χ4v) is 5.37. The molecule has 4 saturated heterocycles. The van der Waals surface area contributed by atoms with Crippen LogP contribution in [0.3, 0.4) is 0 Å². The minimum atomic E-state index is -4.14. The topological polar surface area (TPSA) is 121 Å². The van der Waals surface area contributed by atoms with Gasteiger partial charge in [-0.1, -0.05) is 0 Å². The third kappa shape index (κ3) is 4.12. The van der Waals surface area contributed by atoms with Crippen molar-refractivity contribution in [2.24, 2.45) is 0 Å². The van der Waals surface area contributed by atoms with Gasteiger partial charge >= 0.3 is 13.7 Å². The van der Waals surface area contributed by atoms with Gasteiger partial charge < -0.3 is 10.5 Å². The van der Waals surface area contributed by atoms with E-state index >= 15 is 0 Å². The van der Waals surface area contributed by atoms with Crippen molar-refractivity contribution in [1.29, 1.82) is 0 Å². The molecular formula is C19H23F3N3O7P. The molecule has 1 aromatic rings. The summed E-state index contributed by atoms with van der Waals surface area (Å²) in [6.45, 7) is 4.55. The lowest BCUT2D eigenvalue weighted by atomic mass is 10.0. The molecule has 10 nitrogen and oxygen atoms in total. The third-order valence-electron chi connectivity index (χ3n) is 5.34. The second-order valence-corrected chi connectivity index (χ2v) is 10.4. The zero-order valence-electron chi connectivity index (χ0n) is 18.1. The van der Waals surface area contributed by atoms with Crippen molar-refractivity contribution < 1.29 is 45.7 Å². The summed E-state index contributed by atoms with van der Waals surface area (Å²) in [5.41, 5.74) is 1.31. The molecule has 2 N–H and O–H groups in total. The molecule has 33 heavy (non-hydrogen) atoms. The number of anilines is 1. The van der Waals surface area contributed by atoms with E-state index in [0.717, 1.165) is 9.96 Å². The number of hydrogen-bond donors (Lipinski definition) is 1. The van der Waals surface area contributed by atoms with Gasteiger partial charge in [0.1, 0.15) is 12.3 Å². The number of nitrogens with two attached hydrogens (primary N) is 1. The molecule has 1 aromatic carbocycles. The lowest BCUT2D eigenvalue weighted by molar-refractivity contribution is -0.313. The first kappa shape index (κ1) is 24.0. The Bertz CT molecular complexity index is 1070. The van der Waals surface area contributed by atoms with Crippen molar-refractivity contribution >= 4 is 25.3 Å². The van der Waals surface area contributed by atoms with Crippen LogP contribution in [-0.2, 0) is 39.0 Å². The van der Waals surface area contributed by atoms with Gasteiger partial charge in [-0.2, -0.15) is 4.62 Å². The number of aryl methyl sites for hydroxylation is 1. The first-order chi connectivity index (χ1) is 15.3. The highest BCUT2D eigenvalue weighted by atomic mass is 31.2. The summed E-state index contributed by atoms with van der Waals surface area (Å²) in [6.07, 6.45) is -1.47. The van der Waals surface area contributed by atoms with Gasteiger partial charge in [0.05, 0.1) is 12.1 Å². The van der Waals surface area contributed by atoms with Crippen LogP contribution in [0.4, 0.5) is 18.9 Å². The van der Waals surface area contributed by atoms with Crippen LogP contribution in [0.15, 0.2) is 6.07 Å². The molecule has 3 atom stereocenters. The summed E-state index contributed by atoms with van der Waals surface area (Å²) < 4.78 is 75.2. The smallest absolute Gasteiger partial charge is 0.394 e. The van der Waals surface area contributed by atoms with Crippen molar-refractivity contribution in [3.05, 3.63) is 29.1 Å². The fraction of sp³-hybridized carbons (Fsp3) is 0.579. The van der Waals surface area contributed by atoms with Crippen LogP contribution in [0.25, 0.3) is 0 Å². The Labute approximate surface area is 187 Å². The van der Waals surface area contributed by atoms with Crippen molar-refractivity contribution in [2.45, 2.75) is 57.6 Å². The Hall–Kier alpha value is -2.18. The Morgan fingerprint density at radius 3 is 2.70 bits per heavy atom. The van der Waals surface area contributed by atoms with Gasteiger partial charge in [0, 0.05) is 6.42 Å². The van der Waals surface area contributed by atoms with E-state index in [1.807, 2.05) is 0 Å². The van der Waals surface area contributed by atoms with Crippen molar-refractivity contribution in [2.75, 3.05) is 18.9 Å². The molecule has 0 saturated carbocycles. The number of ether oxygens (including phenoxy) is 1. The lowest BCUT2D eigenvalue weighted by Gasteiger charge is -2.58. The van der Waals surface area contributed by atoms with Crippen LogP contribution in [-0.4, -0.2) is 52.5 Å². The van der Waals surface area contributed by atoms with E-state index in [0.29, 0.717) is 6.07 Å². The largest absolute Gasteiger partial charge is 0.501 e. The zero-order valence-corrected chi connectivity index (χ0v) is 19.0. The number of amides is 2. The first-order valence-electron chi connectivity index (χ1n) is 10.2. The number of hydrogen-bond acceptors (Lipinski definition) is 8. The molecule has 0 aromatic heterocycles. The van der Waals surface area contributed by atoms with Gasteiger partial charge in [0.25, 0.3) is 5.72 Å². The number of piperazine rings is 1. The molecule has 182 valence electrons. The van der Waals surface area contributed by atoms with E-state index in [2.05, 4.69) is 0 Å². The summed E-state index contributed by atoms with van der Waals surface area (Å²) in [6, 6.07) is 0.680. The van der Waals surface area contributed by atoms with Crippen LogP contribution in [0.1, 0.15) is 39.2 Å². The molecular weight excluding hydrogens is 470 g/mol. The van der Waals surface area contributed by atoms with Crippen LogP contribution < -0.4 is 5.73 Å². The van der Waals surface area contributed by atoms with E-state index in [1.165, 1.54) is 0 Å². The molecule has 4 aliphatic rings. The predicted octanol–water partition coefficient (Wildman–Crippen LogP) is 2.62. The lowest BCUT2D eigenvalue weighted by Crippen LogP contribution is -2.78. The SMILES string of the molecule is CC(C)(C)OC[C@@]12OP3(=O)OC(CN(O3)C1=O)N2C(=O)CCCc1cc(F)c(F)c(N)c1F. The van der Waals surface area contributed by atoms with Gasteiger partial charge in [0.2, 0.25) is 5.91 Å². The average molecular weight is 493 g/mol. The normalized spacial score (nSPS) is 28.7. The highest BCUT2D eigenvalue weighted by Gasteiger charge is 2.71. The Morgan fingerprint density at radius 1 is 1.33 bits per heavy atom. The van der Waals surface area contributed by atoms with Gasteiger partial charge in [-0.3, -0.25) is 19.0 Å². The number of hydroxylamine groups is 2. The first-order valence-corrected chi connectivity index (χ1v) is 11.6. The van der Waals surface area contributed by atoms with Crippen LogP contribution in [0.2, 0.25) is 0 Å². The number of phosphoric ester groups is 1. The van der Waals surface area contributed by atoms with Crippen molar-refractivity contribution in [3.63, 3.8) is 0 Å². The predicted molar refractivity (Wildman–Crippen MR) is 105 cm³/mol. The molecule has 2 amide bonds. The molecule has 0 aliphatic carbocycles. The Balaban J connectivity index is 1.54. The summed E-state index contributed by atoms with van der Waals surface area (Å²) in [4.78, 5) is 27.2. The number of carbonyl (C=O) groups is 2. The molecule has 4 aliphatic heterocycles. The molecule has 14 heteroatoms. The third-order valence-corrected chi connectivity index (χ3v) is 6.77. The minimum Gasteiger partial charge on any atom is -0.394 e. The molecule has 5 rings (SSSR count). The number of rotatable bonds is 6. The molecule has 0 radical (unpaired) electrons. The number of nitrogen functional groups attached to an aromatic ring is 1. The van der Waals surface area contributed by atoms with E-state index in [1.54, 1.807) is 20.8 Å². The monoisotopic (exact) mass is 493 g/mol. The van der Waals surface area contributed by atoms with Crippen LogP contribution in [0.5, 0.6) is 0 Å². The second kappa shape index (κ2) is 7.95. The Morgan fingerprint density at radius 2 is 2.03 bits per heavy atom. The van der Waals surface area contributed by atoms with Gasteiger partial charge in [0.15, 0.2) is 23.7 Å². The molecule has 0 spiro atoms. The number of nitrogens with zero attached hydrogens (tertiary/aromatic N) is 2. The zero-order chi connectivity index (χ0) is 24.3. The average Bonchev–Trinajstić information content (AvgIpc) is 2.71. The number of benzene rings is 1. The van der Waals surface area contributed by atoms with E-state index in [-0.39, 0.29) is 31.4 Å².